The molecule has 0 saturated carbocycles. The molecule has 2 heteroatoms. The maximum absolute atomic E-state index is 8.15. The first-order valence-corrected chi connectivity index (χ1v) is 1.97. The topological polar surface area (TPSA) is 23.8 Å². The molecule has 1 nitrogen and oxygen atoms in total. The molecule has 0 unspecified atom stereocenters. The van der Waals surface area contributed by atoms with Gasteiger partial charge in [0.05, 0.1) is 0 Å². The third-order valence-corrected chi connectivity index (χ3v) is 0.335. The molecule has 0 rings (SSSR count). The second-order valence-electron chi connectivity index (χ2n) is 2.36. The Balaban J connectivity index is 3.55. The molecular formula is C4H6LiN. The average Bonchev–Trinajstić information content (AvgIpc) is 1.35. The van der Waals surface area contributed by atoms with Crippen molar-refractivity contribution in [2.75, 3.05) is 0 Å². The fourth-order valence-electron chi connectivity index (χ4n) is 0. The summed E-state index contributed by atoms with van der Waals surface area (Å²) in [4.78, 5) is 0. The van der Waals surface area contributed by atoms with Gasteiger partial charge in [0.1, 0.15) is 0 Å². The third kappa shape index (κ3) is 4.09. The Morgan fingerprint density at radius 1 is 1.67 bits per heavy atom. The predicted octanol–water partition coefficient (Wildman–Crippen LogP) is 0.877. The first-order chi connectivity index (χ1) is 2.56. The monoisotopic (exact) mass is 75.1 g/mol. The van der Waals surface area contributed by atoms with Crippen LogP contribution in [0.15, 0.2) is 0 Å². The predicted molar refractivity (Wildman–Crippen MR) is 25.4 cm³/mol. The van der Waals surface area contributed by atoms with Gasteiger partial charge in [0.2, 0.25) is 0 Å². The van der Waals surface area contributed by atoms with Gasteiger partial charge >= 0.3 is 47.0 Å². The summed E-state index contributed by atoms with van der Waals surface area (Å²) in [5, 5.41) is 8.15. The van der Waals surface area contributed by atoms with E-state index in [-0.39, 0.29) is 4.09 Å². The maximum atomic E-state index is 8.15. The second-order valence-corrected chi connectivity index (χ2v) is 2.36. The summed E-state index contributed by atoms with van der Waals surface area (Å²) in [5.41, 5.74) is 0. The number of hydrogen-bond donors (Lipinski definition) is 0. The number of nitriles is 1. The van der Waals surface area contributed by atoms with E-state index < -0.39 is 0 Å². The van der Waals surface area contributed by atoms with E-state index in [1.807, 2.05) is 31.6 Å². The number of nitrogens with zero attached hydrogens (tertiary/aromatic N) is 1. The van der Waals surface area contributed by atoms with Crippen molar-refractivity contribution in [2.24, 2.45) is 0 Å². The molecule has 0 fully saturated rings. The molecule has 0 heterocycles. The molecule has 0 aliphatic heterocycles. The molecule has 0 atom stereocenters. The summed E-state index contributed by atoms with van der Waals surface area (Å²) in [7, 11) is 0. The van der Waals surface area contributed by atoms with Crippen LogP contribution in [0.4, 0.5) is 0 Å². The molecule has 0 spiro atoms. The van der Waals surface area contributed by atoms with Crippen molar-refractivity contribution in [1.82, 2.24) is 0 Å². The molecule has 0 aromatic rings. The van der Waals surface area contributed by atoms with Crippen LogP contribution in [0, 0.1) is 11.3 Å². The van der Waals surface area contributed by atoms with Crippen molar-refractivity contribution in [3.63, 3.8) is 0 Å². The van der Waals surface area contributed by atoms with Crippen molar-refractivity contribution in [2.45, 2.75) is 17.9 Å². The summed E-state index contributed by atoms with van der Waals surface area (Å²) in [6.45, 7) is 3.76. The Hall–Kier alpha value is 0.0874. The first-order valence-electron chi connectivity index (χ1n) is 1.97. The van der Waals surface area contributed by atoms with Crippen LogP contribution in [0.1, 0.15) is 13.8 Å². The molecule has 0 aliphatic carbocycles. The van der Waals surface area contributed by atoms with Gasteiger partial charge in [-0.25, -0.2) is 0 Å². The zero-order valence-electron chi connectivity index (χ0n) is 4.45. The average molecular weight is 75.0 g/mol. The molecule has 0 saturated heterocycles. The van der Waals surface area contributed by atoms with Crippen LogP contribution < -0.4 is 0 Å². The van der Waals surface area contributed by atoms with Crippen LogP contribution in [0.3, 0.4) is 0 Å². The molecule has 6 heavy (non-hydrogen) atoms. The van der Waals surface area contributed by atoms with Gasteiger partial charge in [-0.3, -0.25) is 0 Å². The molecule has 0 N–H and O–H groups in total. The van der Waals surface area contributed by atoms with E-state index in [1.54, 1.807) is 0 Å². The molecule has 28 valence electrons. The molecular weight excluding hydrogens is 69.0 g/mol. The van der Waals surface area contributed by atoms with E-state index in [9.17, 15) is 0 Å². The van der Waals surface area contributed by atoms with E-state index in [0.717, 1.165) is 0 Å². The Kier molecular flexibility index (Phi) is 1.72. The van der Waals surface area contributed by atoms with Crippen LogP contribution in [0.2, 0.25) is 4.09 Å². The van der Waals surface area contributed by atoms with Crippen molar-refractivity contribution >= 4 is 17.7 Å². The van der Waals surface area contributed by atoms with Gasteiger partial charge in [-0.2, -0.15) is 0 Å². The standard InChI is InChI=1S/C4H6N.Li/c1-4(2)3-5;/h1-2H3;. The summed E-state index contributed by atoms with van der Waals surface area (Å²) >= 11 is 1.88. The van der Waals surface area contributed by atoms with E-state index >= 15 is 0 Å². The zero-order chi connectivity index (χ0) is 5.21. The van der Waals surface area contributed by atoms with Crippen molar-refractivity contribution < 1.29 is 0 Å². The first kappa shape index (κ1) is 6.09. The minimum absolute atomic E-state index is 0.153. The van der Waals surface area contributed by atoms with Crippen LogP contribution in [0.25, 0.3) is 0 Å². The Labute approximate surface area is 47.5 Å². The van der Waals surface area contributed by atoms with Gasteiger partial charge in [-0.1, -0.05) is 0 Å². The Morgan fingerprint density at radius 3 is 1.83 bits per heavy atom. The SMILES string of the molecule is [Li][C](C)(C)C#N. The Bertz CT molecular complexity index is 74.5. The van der Waals surface area contributed by atoms with Crippen LogP contribution in [0.5, 0.6) is 0 Å². The van der Waals surface area contributed by atoms with E-state index in [1.165, 1.54) is 0 Å². The van der Waals surface area contributed by atoms with Gasteiger partial charge in [0.15, 0.2) is 0 Å². The normalized spacial score (nSPS) is 10.5. The van der Waals surface area contributed by atoms with E-state index in [2.05, 4.69) is 6.07 Å². The van der Waals surface area contributed by atoms with Gasteiger partial charge in [0, 0.05) is 0 Å². The van der Waals surface area contributed by atoms with Crippen LogP contribution >= 0.6 is 0 Å². The molecule has 0 radical (unpaired) electrons. The van der Waals surface area contributed by atoms with Gasteiger partial charge < -0.3 is 0 Å². The van der Waals surface area contributed by atoms with Gasteiger partial charge in [-0.15, -0.1) is 0 Å². The third-order valence-electron chi connectivity index (χ3n) is 0.335. The van der Waals surface area contributed by atoms with Gasteiger partial charge in [0.25, 0.3) is 0 Å². The number of hydrogen-bond acceptors (Lipinski definition) is 1. The fourth-order valence-corrected chi connectivity index (χ4v) is 0. The van der Waals surface area contributed by atoms with E-state index in [4.69, 9.17) is 5.26 Å². The summed E-state index contributed by atoms with van der Waals surface area (Å²) < 4.78 is -0.153. The zero-order valence-corrected chi connectivity index (χ0v) is 4.45. The molecule has 0 amide bonds. The molecule has 0 aromatic heterocycles. The summed E-state index contributed by atoms with van der Waals surface area (Å²) in [5.74, 6) is 0. The molecule has 0 bridgehead atoms. The minimum atomic E-state index is -0.153. The quantitative estimate of drug-likeness (QED) is 0.392. The van der Waals surface area contributed by atoms with Crippen LogP contribution in [-0.2, 0) is 0 Å². The van der Waals surface area contributed by atoms with Crippen molar-refractivity contribution in [3.05, 3.63) is 0 Å². The molecule has 0 aliphatic rings. The van der Waals surface area contributed by atoms with E-state index in [0.29, 0.717) is 0 Å². The summed E-state index contributed by atoms with van der Waals surface area (Å²) in [6.07, 6.45) is 0. The van der Waals surface area contributed by atoms with Gasteiger partial charge in [-0.05, 0) is 0 Å². The second kappa shape index (κ2) is 1.69. The Morgan fingerprint density at radius 2 is 1.83 bits per heavy atom. The fraction of sp³-hybridized carbons (Fsp3) is 0.750. The van der Waals surface area contributed by atoms with Crippen molar-refractivity contribution in [1.29, 1.82) is 5.26 Å². The number of rotatable bonds is 0. The van der Waals surface area contributed by atoms with Crippen molar-refractivity contribution in [3.8, 4) is 6.07 Å². The molecule has 0 aromatic carbocycles. The summed E-state index contributed by atoms with van der Waals surface area (Å²) in [6, 6.07) is 2.10. The van der Waals surface area contributed by atoms with Crippen LogP contribution in [-0.4, -0.2) is 17.7 Å².